The number of halogens is 2. The lowest BCUT2D eigenvalue weighted by molar-refractivity contribution is -0.157. The fraction of sp³-hybridized carbons (Fsp3) is 0.406. The Morgan fingerprint density at radius 3 is 2.44 bits per heavy atom. The number of H-pyrrole nitrogens is 1. The van der Waals surface area contributed by atoms with Crippen LogP contribution < -0.4 is 10.9 Å². The number of nitrogens with one attached hydrogen (secondary N) is 2. The van der Waals surface area contributed by atoms with Crippen molar-refractivity contribution in [3.05, 3.63) is 98.5 Å². The van der Waals surface area contributed by atoms with Gasteiger partial charge in [-0.25, -0.2) is 13.9 Å². The maximum atomic E-state index is 15.0. The van der Waals surface area contributed by atoms with Crippen LogP contribution in [0.2, 0.25) is 0 Å². The Labute approximate surface area is 248 Å². The number of aromatic amines is 1. The SMILES string of the molecule is CCC(CC)(C(=O)O)[C@H]1CC[C@@H](c2cccc(F)c2)N1C(=O)[C@@H](C)NC(=O)c1ccc(Cc2cc(C)n[nH]c2=O)c(F)c1. The van der Waals surface area contributed by atoms with Crippen LogP contribution >= 0.6 is 0 Å². The molecule has 1 saturated heterocycles. The Balaban J connectivity index is 1.58. The largest absolute Gasteiger partial charge is 0.481 e. The molecule has 2 aromatic carbocycles. The van der Waals surface area contributed by atoms with E-state index in [1.165, 1.54) is 36.1 Å². The number of hydrogen-bond acceptors (Lipinski definition) is 5. The van der Waals surface area contributed by atoms with Gasteiger partial charge in [-0.05, 0) is 81.0 Å². The topological polar surface area (TPSA) is 132 Å². The average molecular weight is 595 g/mol. The minimum absolute atomic E-state index is 0.000679. The van der Waals surface area contributed by atoms with Crippen molar-refractivity contribution in [2.75, 3.05) is 0 Å². The van der Waals surface area contributed by atoms with Crippen molar-refractivity contribution in [1.29, 1.82) is 0 Å². The zero-order valence-electron chi connectivity index (χ0n) is 24.6. The fourth-order valence-electron chi connectivity index (χ4n) is 6.16. The fourth-order valence-corrected chi connectivity index (χ4v) is 6.16. The molecule has 1 aliphatic rings. The van der Waals surface area contributed by atoms with E-state index in [1.54, 1.807) is 39.0 Å². The number of hydrogen-bond donors (Lipinski definition) is 3. The molecule has 0 saturated carbocycles. The summed E-state index contributed by atoms with van der Waals surface area (Å²) in [5.41, 5.74) is -0.0394. The molecule has 3 aromatic rings. The molecule has 228 valence electrons. The summed E-state index contributed by atoms with van der Waals surface area (Å²) < 4.78 is 29.2. The van der Waals surface area contributed by atoms with Gasteiger partial charge in [0.2, 0.25) is 5.91 Å². The summed E-state index contributed by atoms with van der Waals surface area (Å²) in [7, 11) is 0. The molecule has 0 unspecified atom stereocenters. The van der Waals surface area contributed by atoms with Crippen LogP contribution in [0.1, 0.15) is 85.2 Å². The number of amides is 2. The van der Waals surface area contributed by atoms with E-state index in [-0.39, 0.29) is 30.4 Å². The van der Waals surface area contributed by atoms with Crippen molar-refractivity contribution < 1.29 is 28.3 Å². The van der Waals surface area contributed by atoms with Crippen LogP contribution in [0.4, 0.5) is 8.78 Å². The number of benzene rings is 2. The number of rotatable bonds is 10. The van der Waals surface area contributed by atoms with Gasteiger partial charge in [-0.1, -0.05) is 32.0 Å². The Morgan fingerprint density at radius 1 is 1.09 bits per heavy atom. The van der Waals surface area contributed by atoms with Crippen molar-refractivity contribution in [3.63, 3.8) is 0 Å². The number of nitrogens with zero attached hydrogens (tertiary/aromatic N) is 2. The van der Waals surface area contributed by atoms with Gasteiger partial charge in [0, 0.05) is 23.6 Å². The van der Waals surface area contributed by atoms with Crippen LogP contribution in [0.15, 0.2) is 53.3 Å². The third-order valence-corrected chi connectivity index (χ3v) is 8.62. The number of aryl methyl sites for hydroxylation is 1. The van der Waals surface area contributed by atoms with Gasteiger partial charge in [-0.15, -0.1) is 0 Å². The second kappa shape index (κ2) is 12.8. The molecule has 1 aliphatic heterocycles. The van der Waals surface area contributed by atoms with E-state index in [0.717, 1.165) is 6.07 Å². The molecule has 1 aromatic heterocycles. The molecule has 2 heterocycles. The van der Waals surface area contributed by atoms with Crippen LogP contribution in [0.5, 0.6) is 0 Å². The second-order valence-corrected chi connectivity index (χ2v) is 11.1. The number of aliphatic carboxylic acids is 1. The van der Waals surface area contributed by atoms with Crippen molar-refractivity contribution >= 4 is 17.8 Å². The Morgan fingerprint density at radius 2 is 1.81 bits per heavy atom. The summed E-state index contributed by atoms with van der Waals surface area (Å²) >= 11 is 0. The maximum absolute atomic E-state index is 15.0. The number of carboxylic acids is 1. The van der Waals surface area contributed by atoms with Gasteiger partial charge in [0.25, 0.3) is 11.5 Å². The average Bonchev–Trinajstić information content (AvgIpc) is 3.41. The number of carbonyl (C=O) groups is 3. The Kier molecular flexibility index (Phi) is 9.42. The second-order valence-electron chi connectivity index (χ2n) is 11.1. The van der Waals surface area contributed by atoms with E-state index < -0.39 is 58.5 Å². The normalized spacial score (nSPS) is 17.5. The van der Waals surface area contributed by atoms with Gasteiger partial charge in [-0.3, -0.25) is 19.2 Å². The van der Waals surface area contributed by atoms with Crippen LogP contribution in [-0.2, 0) is 16.0 Å². The van der Waals surface area contributed by atoms with Gasteiger partial charge in [-0.2, -0.15) is 5.10 Å². The molecular weight excluding hydrogens is 558 g/mol. The lowest BCUT2D eigenvalue weighted by atomic mass is 9.74. The van der Waals surface area contributed by atoms with Gasteiger partial charge in [0.05, 0.1) is 17.2 Å². The van der Waals surface area contributed by atoms with Gasteiger partial charge in [0.15, 0.2) is 0 Å². The Hall–Kier alpha value is -4.41. The van der Waals surface area contributed by atoms with E-state index in [0.29, 0.717) is 29.7 Å². The lowest BCUT2D eigenvalue weighted by Gasteiger charge is -2.42. The number of carbonyl (C=O) groups excluding carboxylic acids is 2. The van der Waals surface area contributed by atoms with Crippen LogP contribution in [0.3, 0.4) is 0 Å². The Bertz CT molecular complexity index is 1590. The molecule has 9 nitrogen and oxygen atoms in total. The quantitative estimate of drug-likeness (QED) is 0.312. The van der Waals surface area contributed by atoms with Crippen molar-refractivity contribution in [2.24, 2.45) is 5.41 Å². The zero-order valence-corrected chi connectivity index (χ0v) is 24.6. The van der Waals surface area contributed by atoms with Crippen LogP contribution in [0, 0.1) is 24.0 Å². The third kappa shape index (κ3) is 6.35. The predicted octanol–water partition coefficient (Wildman–Crippen LogP) is 4.69. The van der Waals surface area contributed by atoms with Gasteiger partial charge in [0.1, 0.15) is 17.7 Å². The molecule has 2 amide bonds. The lowest BCUT2D eigenvalue weighted by Crippen LogP contribution is -2.55. The van der Waals surface area contributed by atoms with Crippen LogP contribution in [0.25, 0.3) is 0 Å². The first-order valence-electron chi connectivity index (χ1n) is 14.4. The van der Waals surface area contributed by atoms with Crippen molar-refractivity contribution in [3.8, 4) is 0 Å². The molecule has 11 heteroatoms. The minimum Gasteiger partial charge on any atom is -0.481 e. The highest BCUT2D eigenvalue weighted by Gasteiger charge is 2.52. The summed E-state index contributed by atoms with van der Waals surface area (Å²) in [4.78, 5) is 53.2. The standard InChI is InChI=1S/C32H36F2N4O5/c1-5-32(6-2,31(42)43)27-13-12-26(21-8-7-9-24(33)16-21)38(27)30(41)19(4)35-28(39)22-11-10-20(25(34)17-22)15-23-14-18(3)36-37-29(23)40/h7-11,14,16-17,19,26-27H,5-6,12-13,15H2,1-4H3,(H,35,39)(H,37,40)(H,42,43)/t19-,26+,27-/m1/s1. The first kappa shape index (κ1) is 31.5. The summed E-state index contributed by atoms with van der Waals surface area (Å²) in [6.07, 6.45) is 1.39. The molecule has 4 rings (SSSR count). The van der Waals surface area contributed by atoms with E-state index in [9.17, 15) is 28.7 Å². The molecule has 0 radical (unpaired) electrons. The maximum Gasteiger partial charge on any atom is 0.311 e. The summed E-state index contributed by atoms with van der Waals surface area (Å²) in [6.45, 7) is 6.72. The molecule has 0 bridgehead atoms. The van der Waals surface area contributed by atoms with E-state index in [1.807, 2.05) is 0 Å². The van der Waals surface area contributed by atoms with E-state index in [2.05, 4.69) is 15.5 Å². The molecule has 3 N–H and O–H groups in total. The van der Waals surface area contributed by atoms with Gasteiger partial charge >= 0.3 is 5.97 Å². The molecule has 43 heavy (non-hydrogen) atoms. The molecule has 1 fully saturated rings. The third-order valence-electron chi connectivity index (χ3n) is 8.62. The van der Waals surface area contributed by atoms with E-state index >= 15 is 4.39 Å². The summed E-state index contributed by atoms with van der Waals surface area (Å²) in [6, 6.07) is 8.94. The highest BCUT2D eigenvalue weighted by molar-refractivity contribution is 5.97. The van der Waals surface area contributed by atoms with Crippen LogP contribution in [-0.4, -0.2) is 50.1 Å². The first-order valence-corrected chi connectivity index (χ1v) is 14.4. The zero-order chi connectivity index (χ0) is 31.5. The summed E-state index contributed by atoms with van der Waals surface area (Å²) in [5, 5.41) is 19.1. The summed E-state index contributed by atoms with van der Waals surface area (Å²) in [5.74, 6) is -3.39. The number of carboxylic acid groups (broad SMARTS) is 1. The number of aromatic nitrogens is 2. The molecule has 0 aliphatic carbocycles. The molecule has 3 atom stereocenters. The highest BCUT2D eigenvalue weighted by Crippen LogP contribution is 2.47. The highest BCUT2D eigenvalue weighted by atomic mass is 19.1. The smallest absolute Gasteiger partial charge is 0.311 e. The van der Waals surface area contributed by atoms with Gasteiger partial charge < -0.3 is 15.3 Å². The number of likely N-dealkylation sites (tertiary alicyclic amines) is 1. The first-order chi connectivity index (χ1) is 20.4. The van der Waals surface area contributed by atoms with E-state index in [4.69, 9.17) is 0 Å². The predicted molar refractivity (Wildman–Crippen MR) is 155 cm³/mol. The molecule has 0 spiro atoms. The van der Waals surface area contributed by atoms with Crippen molar-refractivity contribution in [2.45, 2.75) is 77.9 Å². The minimum atomic E-state index is -1.23. The monoisotopic (exact) mass is 594 g/mol. The molecular formula is C32H36F2N4O5. The van der Waals surface area contributed by atoms with Crippen molar-refractivity contribution in [1.82, 2.24) is 20.4 Å².